The van der Waals surface area contributed by atoms with Gasteiger partial charge in [0.15, 0.2) is 0 Å². The lowest BCUT2D eigenvalue weighted by molar-refractivity contribution is -0.131. The smallest absolute Gasteiger partial charge is 0.328 e. The Bertz CT molecular complexity index is 318. The first-order valence-corrected chi connectivity index (χ1v) is 4.43. The Kier molecular flexibility index (Phi) is 3.28. The van der Waals surface area contributed by atoms with Gasteiger partial charge in [-0.25, -0.2) is 4.79 Å². The highest BCUT2D eigenvalue weighted by Crippen LogP contribution is 2.12. The quantitative estimate of drug-likeness (QED) is 0.664. The highest BCUT2D eigenvalue weighted by molar-refractivity contribution is 14.1. The summed E-state index contributed by atoms with van der Waals surface area (Å²) in [5.41, 5.74) is 0.931. The van der Waals surface area contributed by atoms with Crippen molar-refractivity contribution in [1.82, 2.24) is 0 Å². The van der Waals surface area contributed by atoms with Gasteiger partial charge in [0.05, 0.1) is 0 Å². The SMILES string of the molecule is O=C(O)/C=C\c1ccccc1I. The first-order valence-electron chi connectivity index (χ1n) is 3.35. The van der Waals surface area contributed by atoms with Gasteiger partial charge in [0, 0.05) is 9.65 Å². The lowest BCUT2D eigenvalue weighted by Gasteiger charge is -1.94. The molecule has 0 fully saturated rings. The van der Waals surface area contributed by atoms with Gasteiger partial charge in [-0.3, -0.25) is 0 Å². The number of halogens is 1. The van der Waals surface area contributed by atoms with Crippen LogP contribution < -0.4 is 0 Å². The van der Waals surface area contributed by atoms with Gasteiger partial charge >= 0.3 is 5.97 Å². The average Bonchev–Trinajstić information content (AvgIpc) is 2.03. The van der Waals surface area contributed by atoms with Crippen molar-refractivity contribution in [3.63, 3.8) is 0 Å². The normalized spacial score (nSPS) is 10.4. The zero-order valence-corrected chi connectivity index (χ0v) is 8.36. The van der Waals surface area contributed by atoms with Crippen LogP contribution in [0, 0.1) is 3.57 Å². The Hall–Kier alpha value is -0.840. The molecule has 0 aliphatic heterocycles. The second-order valence-corrected chi connectivity index (χ2v) is 3.36. The summed E-state index contributed by atoms with van der Waals surface area (Å²) in [4.78, 5) is 10.2. The van der Waals surface area contributed by atoms with Crippen LogP contribution >= 0.6 is 22.6 Å². The Balaban J connectivity index is 2.89. The number of carbonyl (C=O) groups is 1. The molecule has 0 aliphatic carbocycles. The molecule has 1 rings (SSSR count). The molecule has 1 aromatic carbocycles. The second kappa shape index (κ2) is 4.25. The van der Waals surface area contributed by atoms with Crippen molar-refractivity contribution in [3.8, 4) is 0 Å². The Labute approximate surface area is 84.1 Å². The van der Waals surface area contributed by atoms with E-state index in [0.717, 1.165) is 15.2 Å². The van der Waals surface area contributed by atoms with Gasteiger partial charge in [-0.05, 0) is 40.3 Å². The molecule has 62 valence electrons. The minimum atomic E-state index is -0.922. The zero-order chi connectivity index (χ0) is 8.97. The van der Waals surface area contributed by atoms with Crippen LogP contribution in [-0.4, -0.2) is 11.1 Å². The van der Waals surface area contributed by atoms with Crippen molar-refractivity contribution in [3.05, 3.63) is 39.5 Å². The molecule has 0 atom stereocenters. The second-order valence-electron chi connectivity index (χ2n) is 2.19. The minimum Gasteiger partial charge on any atom is -0.478 e. The summed E-state index contributed by atoms with van der Waals surface area (Å²) in [5, 5.41) is 8.38. The van der Waals surface area contributed by atoms with Crippen molar-refractivity contribution < 1.29 is 9.90 Å². The van der Waals surface area contributed by atoms with Crippen LogP contribution in [0.2, 0.25) is 0 Å². The van der Waals surface area contributed by atoms with Crippen molar-refractivity contribution in [2.75, 3.05) is 0 Å². The molecule has 2 nitrogen and oxygen atoms in total. The van der Waals surface area contributed by atoms with E-state index in [1.54, 1.807) is 6.08 Å². The molecule has 0 spiro atoms. The third-order valence-corrected chi connectivity index (χ3v) is 2.29. The molecule has 0 aliphatic rings. The van der Waals surface area contributed by atoms with Crippen LogP contribution in [0.3, 0.4) is 0 Å². The Morgan fingerprint density at radius 1 is 1.42 bits per heavy atom. The molecule has 1 aromatic rings. The molecular formula is C9H7IO2. The number of hydrogen-bond donors (Lipinski definition) is 1. The molecule has 0 bridgehead atoms. The lowest BCUT2D eigenvalue weighted by atomic mass is 10.2. The van der Waals surface area contributed by atoms with Crippen LogP contribution in [-0.2, 0) is 4.79 Å². The van der Waals surface area contributed by atoms with Gasteiger partial charge < -0.3 is 5.11 Å². The molecule has 0 saturated heterocycles. The van der Waals surface area contributed by atoms with Crippen molar-refractivity contribution in [1.29, 1.82) is 0 Å². The first-order chi connectivity index (χ1) is 5.70. The van der Waals surface area contributed by atoms with E-state index < -0.39 is 5.97 Å². The molecule has 0 aromatic heterocycles. The molecular weight excluding hydrogens is 267 g/mol. The van der Waals surface area contributed by atoms with Crippen LogP contribution in [0.4, 0.5) is 0 Å². The van der Waals surface area contributed by atoms with E-state index in [9.17, 15) is 4.79 Å². The van der Waals surface area contributed by atoms with E-state index in [1.807, 2.05) is 24.3 Å². The summed E-state index contributed by atoms with van der Waals surface area (Å²) in [7, 11) is 0. The third kappa shape index (κ3) is 2.65. The molecule has 0 saturated carbocycles. The van der Waals surface area contributed by atoms with Gasteiger partial charge in [0.2, 0.25) is 0 Å². The number of rotatable bonds is 2. The standard InChI is InChI=1S/C9H7IO2/c10-8-4-2-1-3-7(8)5-6-9(11)12/h1-6H,(H,11,12)/b6-5-. The van der Waals surface area contributed by atoms with Crippen molar-refractivity contribution in [2.45, 2.75) is 0 Å². The van der Waals surface area contributed by atoms with E-state index in [0.29, 0.717) is 0 Å². The number of hydrogen-bond acceptors (Lipinski definition) is 1. The fourth-order valence-electron chi connectivity index (χ4n) is 0.771. The number of aliphatic carboxylic acids is 1. The third-order valence-electron chi connectivity index (χ3n) is 1.31. The summed E-state index contributed by atoms with van der Waals surface area (Å²) in [6, 6.07) is 7.60. The van der Waals surface area contributed by atoms with Crippen LogP contribution in [0.5, 0.6) is 0 Å². The molecule has 0 radical (unpaired) electrons. The van der Waals surface area contributed by atoms with E-state index in [-0.39, 0.29) is 0 Å². The molecule has 3 heteroatoms. The summed E-state index contributed by atoms with van der Waals surface area (Å²) >= 11 is 2.16. The number of carboxylic acids is 1. The highest BCUT2D eigenvalue weighted by Gasteiger charge is 1.93. The van der Waals surface area contributed by atoms with E-state index in [2.05, 4.69) is 22.6 Å². The molecule has 1 N–H and O–H groups in total. The first kappa shape index (κ1) is 9.25. The van der Waals surface area contributed by atoms with Crippen LogP contribution in [0.15, 0.2) is 30.3 Å². The van der Waals surface area contributed by atoms with E-state index in [1.165, 1.54) is 0 Å². The van der Waals surface area contributed by atoms with Gasteiger partial charge in [-0.2, -0.15) is 0 Å². The van der Waals surface area contributed by atoms with Crippen molar-refractivity contribution in [2.24, 2.45) is 0 Å². The Morgan fingerprint density at radius 3 is 2.67 bits per heavy atom. The molecule has 0 unspecified atom stereocenters. The monoisotopic (exact) mass is 274 g/mol. The fraction of sp³-hybridized carbons (Fsp3) is 0. The summed E-state index contributed by atoms with van der Waals surface area (Å²) in [6.45, 7) is 0. The van der Waals surface area contributed by atoms with Gasteiger partial charge in [-0.15, -0.1) is 0 Å². The highest BCUT2D eigenvalue weighted by atomic mass is 127. The van der Waals surface area contributed by atoms with Gasteiger partial charge in [0.1, 0.15) is 0 Å². The van der Waals surface area contributed by atoms with Crippen LogP contribution in [0.1, 0.15) is 5.56 Å². The molecule has 12 heavy (non-hydrogen) atoms. The lowest BCUT2D eigenvalue weighted by Crippen LogP contribution is -1.86. The van der Waals surface area contributed by atoms with Crippen molar-refractivity contribution >= 4 is 34.6 Å². The predicted octanol–water partition coefficient (Wildman–Crippen LogP) is 2.39. The van der Waals surface area contributed by atoms with Gasteiger partial charge in [0.25, 0.3) is 0 Å². The summed E-state index contributed by atoms with van der Waals surface area (Å²) in [6.07, 6.45) is 2.72. The van der Waals surface area contributed by atoms with Gasteiger partial charge in [-0.1, -0.05) is 18.2 Å². The fourth-order valence-corrected chi connectivity index (χ4v) is 1.34. The van der Waals surface area contributed by atoms with Crippen LogP contribution in [0.25, 0.3) is 6.08 Å². The zero-order valence-electron chi connectivity index (χ0n) is 6.20. The summed E-state index contributed by atoms with van der Waals surface area (Å²) in [5.74, 6) is -0.922. The topological polar surface area (TPSA) is 37.3 Å². The average molecular weight is 274 g/mol. The number of carboxylic acid groups (broad SMARTS) is 1. The predicted molar refractivity (Wildman–Crippen MR) is 55.8 cm³/mol. The minimum absolute atomic E-state index is 0.922. The maximum atomic E-state index is 10.2. The van der Waals surface area contributed by atoms with E-state index >= 15 is 0 Å². The molecule has 0 heterocycles. The largest absolute Gasteiger partial charge is 0.478 e. The maximum absolute atomic E-state index is 10.2. The summed E-state index contributed by atoms with van der Waals surface area (Å²) < 4.78 is 1.05. The van der Waals surface area contributed by atoms with E-state index in [4.69, 9.17) is 5.11 Å². The number of benzene rings is 1. The Morgan fingerprint density at radius 2 is 2.08 bits per heavy atom. The maximum Gasteiger partial charge on any atom is 0.328 e. The molecule has 0 amide bonds.